The highest BCUT2D eigenvalue weighted by atomic mass is 15.0. The predicted molar refractivity (Wildman–Crippen MR) is 555 cm³/mol. The van der Waals surface area contributed by atoms with Crippen LogP contribution in [0.15, 0.2) is 461 Å². The van der Waals surface area contributed by atoms with Gasteiger partial charge in [-0.2, -0.15) is 0 Å². The molecular formula is C125H82N6. The molecule has 21 aromatic carbocycles. The van der Waals surface area contributed by atoms with Crippen LogP contribution in [0.1, 0.15) is 11.1 Å². The van der Waals surface area contributed by atoms with Crippen LogP contribution >= 0.6 is 0 Å². The smallest absolute Gasteiger partial charge is 0.0794 e. The Bertz CT molecular complexity index is 9010. The van der Waals surface area contributed by atoms with E-state index in [1.807, 2.05) is 0 Å². The molecule has 131 heavy (non-hydrogen) atoms. The van der Waals surface area contributed by atoms with E-state index in [0.29, 0.717) is 0 Å². The van der Waals surface area contributed by atoms with E-state index >= 15 is 0 Å². The minimum Gasteiger partial charge on any atom is -0.309 e. The van der Waals surface area contributed by atoms with Crippen molar-refractivity contribution < 1.29 is 0 Å². The molecule has 6 heterocycles. The molecule has 27 aromatic rings. The molecule has 0 saturated heterocycles. The first kappa shape index (κ1) is 76.3. The molecule has 0 N–H and O–H groups in total. The summed E-state index contributed by atoms with van der Waals surface area (Å²) >= 11 is 0. The number of fused-ring (bicyclic) bond motifs is 27. The van der Waals surface area contributed by atoms with Crippen LogP contribution in [0, 0.1) is 13.8 Å². The van der Waals surface area contributed by atoms with Crippen LogP contribution in [0.25, 0.3) is 247 Å². The first-order chi connectivity index (χ1) is 64.8. The Hall–Kier alpha value is -17.2. The largest absolute Gasteiger partial charge is 0.309 e. The van der Waals surface area contributed by atoms with Gasteiger partial charge >= 0.3 is 0 Å². The molecule has 6 heteroatoms. The maximum absolute atomic E-state index is 5.29. The van der Waals surface area contributed by atoms with Gasteiger partial charge in [0.25, 0.3) is 0 Å². The zero-order valence-electron chi connectivity index (χ0n) is 72.1. The molecular weight excluding hydrogens is 1590 g/mol. The lowest BCUT2D eigenvalue weighted by Crippen LogP contribution is -1.94. The molecule has 0 atom stereocenters. The van der Waals surface area contributed by atoms with E-state index < -0.39 is 0 Å². The van der Waals surface area contributed by atoms with Gasteiger partial charge in [0.05, 0.1) is 66.7 Å². The van der Waals surface area contributed by atoms with Gasteiger partial charge in [-0.15, -0.1) is 0 Å². The molecule has 0 aliphatic carbocycles. The summed E-state index contributed by atoms with van der Waals surface area (Å²) in [7, 11) is 0. The van der Waals surface area contributed by atoms with Gasteiger partial charge in [-0.1, -0.05) is 333 Å². The van der Waals surface area contributed by atoms with Crippen LogP contribution in [0.2, 0.25) is 0 Å². The molecule has 612 valence electrons. The molecule has 27 rings (SSSR count). The van der Waals surface area contributed by atoms with Gasteiger partial charge in [-0.3, -0.25) is 0 Å². The summed E-state index contributed by atoms with van der Waals surface area (Å²) in [6.07, 6.45) is 0. The zero-order chi connectivity index (χ0) is 86.7. The van der Waals surface area contributed by atoms with Gasteiger partial charge in [0.15, 0.2) is 0 Å². The Morgan fingerprint density at radius 2 is 0.344 bits per heavy atom. The van der Waals surface area contributed by atoms with Crippen LogP contribution in [0.3, 0.4) is 0 Å². The molecule has 6 nitrogen and oxygen atoms in total. The average Bonchev–Trinajstić information content (AvgIpc) is 1.45. The highest BCUT2D eigenvalue weighted by molar-refractivity contribution is 6.27. The van der Waals surface area contributed by atoms with Crippen molar-refractivity contribution in [3.05, 3.63) is 472 Å². The van der Waals surface area contributed by atoms with Gasteiger partial charge in [-0.05, 0) is 235 Å². The Kier molecular flexibility index (Phi) is 18.3. The Morgan fingerprint density at radius 1 is 0.137 bits per heavy atom. The minimum absolute atomic E-state index is 0.974. The second-order valence-corrected chi connectivity index (χ2v) is 34.6. The summed E-state index contributed by atoms with van der Waals surface area (Å²) in [6.45, 7) is 4.32. The van der Waals surface area contributed by atoms with Crippen molar-refractivity contribution in [3.8, 4) is 84.2 Å². The molecule has 0 amide bonds. The number of aromatic nitrogens is 6. The maximum Gasteiger partial charge on any atom is 0.0794 e. The fourth-order valence-corrected chi connectivity index (χ4v) is 20.6. The second kappa shape index (κ2) is 31.4. The van der Waals surface area contributed by atoms with Crippen LogP contribution < -0.4 is 0 Å². The van der Waals surface area contributed by atoms with E-state index in [0.717, 1.165) is 67.4 Å². The van der Waals surface area contributed by atoms with Crippen molar-refractivity contribution >= 4 is 163 Å². The summed E-state index contributed by atoms with van der Waals surface area (Å²) in [4.78, 5) is 15.8. The summed E-state index contributed by atoms with van der Waals surface area (Å²) in [5.41, 5.74) is 30.0. The Morgan fingerprint density at radius 3 is 0.634 bits per heavy atom. The molecule has 0 bridgehead atoms. The van der Waals surface area contributed by atoms with E-state index in [4.69, 9.17) is 15.0 Å². The zero-order valence-corrected chi connectivity index (χ0v) is 72.1. The van der Waals surface area contributed by atoms with Crippen molar-refractivity contribution in [2.45, 2.75) is 13.8 Å². The summed E-state index contributed by atoms with van der Waals surface area (Å²) in [6, 6.07) is 166. The third-order valence-electron chi connectivity index (χ3n) is 26.9. The fourth-order valence-electron chi connectivity index (χ4n) is 20.6. The lowest BCUT2D eigenvalue weighted by atomic mass is 9.96. The van der Waals surface area contributed by atoms with Gasteiger partial charge in [0.2, 0.25) is 0 Å². The number of rotatable bonds is 9. The highest BCUT2D eigenvalue weighted by Gasteiger charge is 2.22. The van der Waals surface area contributed by atoms with E-state index in [1.54, 1.807) is 0 Å². The topological polar surface area (TPSA) is 53.5 Å². The second-order valence-electron chi connectivity index (χ2n) is 34.6. The highest BCUT2D eigenvalue weighted by Crippen LogP contribution is 2.45. The summed E-state index contributed by atoms with van der Waals surface area (Å²) in [5.74, 6) is 0. The standard InChI is InChI=1S/C47H30N2.C41H26N2.C37H26N2/c1-3-11-31(12-4-1)34-21-27-45-42(29-34)43-30-35(32-13-5-2-6-14-32)22-28-46(43)49(45)36-23-19-33(20-24-36)44-26-25-41-39-17-8-7-15-37(39)38-16-9-10-18-40(38)47(41)48-44;1-2-10-27(11-3-1)29-20-25-40-37(26-29)34-15-8-9-17-39(34)43(40)30-21-18-28(19-22-30)38-24-23-36-33-14-5-4-12-31(33)32-13-6-7-16-35(32)41(36)42-38;1-23-11-19-35-32(21-23)33-22-24(2)12-20-36(33)39(35)26-15-13-25(14-16-26)34-18-17-31-29-9-4-3-7-27(29)28-8-5-6-10-30(28)37(31)38-34/h1-30H;1-26H;3-22H,1-2H3. The summed E-state index contributed by atoms with van der Waals surface area (Å²) in [5, 5.41) is 26.0. The van der Waals surface area contributed by atoms with Crippen LogP contribution in [0.5, 0.6) is 0 Å². The monoisotopic (exact) mass is 1670 g/mol. The molecule has 0 aliphatic heterocycles. The molecule has 0 radical (unpaired) electrons. The van der Waals surface area contributed by atoms with Crippen molar-refractivity contribution in [2.75, 3.05) is 0 Å². The number of hydrogen-bond acceptors (Lipinski definition) is 3. The predicted octanol–water partition coefficient (Wildman–Crippen LogP) is 33.5. The number of hydrogen-bond donors (Lipinski definition) is 0. The van der Waals surface area contributed by atoms with E-state index in [2.05, 4.69) is 489 Å². The molecule has 0 spiro atoms. The molecule has 0 fully saturated rings. The van der Waals surface area contributed by atoms with Gasteiger partial charge < -0.3 is 13.7 Å². The lowest BCUT2D eigenvalue weighted by molar-refractivity contribution is 1.18. The van der Waals surface area contributed by atoms with Crippen molar-refractivity contribution in [3.63, 3.8) is 0 Å². The number of nitrogens with zero attached hydrogens (tertiary/aromatic N) is 6. The van der Waals surface area contributed by atoms with Gasteiger partial charge in [-0.25, -0.2) is 15.0 Å². The van der Waals surface area contributed by atoms with Gasteiger partial charge in [0.1, 0.15) is 0 Å². The average molecular weight is 1670 g/mol. The molecule has 0 saturated carbocycles. The number of para-hydroxylation sites is 1. The van der Waals surface area contributed by atoms with Crippen LogP contribution in [-0.4, -0.2) is 28.7 Å². The number of benzene rings is 21. The Labute approximate surface area is 756 Å². The normalized spacial score (nSPS) is 11.7. The van der Waals surface area contributed by atoms with Crippen molar-refractivity contribution in [2.24, 2.45) is 0 Å². The number of aryl methyl sites for hydroxylation is 2. The Balaban J connectivity index is 0.000000107. The third kappa shape index (κ3) is 13.0. The molecule has 0 aliphatic rings. The maximum atomic E-state index is 5.29. The van der Waals surface area contributed by atoms with Crippen LogP contribution in [-0.2, 0) is 0 Å². The minimum atomic E-state index is 0.974. The summed E-state index contributed by atoms with van der Waals surface area (Å²) < 4.78 is 7.14. The van der Waals surface area contributed by atoms with E-state index in [-0.39, 0.29) is 0 Å². The number of pyridine rings is 3. The molecule has 6 aromatic heterocycles. The van der Waals surface area contributed by atoms with E-state index in [1.165, 1.54) is 191 Å². The lowest BCUT2D eigenvalue weighted by Gasteiger charge is -2.12. The third-order valence-corrected chi connectivity index (χ3v) is 26.9. The van der Waals surface area contributed by atoms with E-state index in [9.17, 15) is 0 Å². The molecule has 0 unspecified atom stereocenters. The quantitative estimate of drug-likeness (QED) is 0.135. The first-order valence-corrected chi connectivity index (χ1v) is 45.0. The van der Waals surface area contributed by atoms with Crippen molar-refractivity contribution in [1.29, 1.82) is 0 Å². The van der Waals surface area contributed by atoms with Crippen LogP contribution in [0.4, 0.5) is 0 Å². The fraction of sp³-hybridized carbons (Fsp3) is 0.0160. The van der Waals surface area contributed by atoms with Crippen molar-refractivity contribution in [1.82, 2.24) is 28.7 Å². The van der Waals surface area contributed by atoms with Gasteiger partial charge in [0, 0.05) is 98.4 Å². The SMILES string of the molecule is Cc1ccc2c(c1)c1cc(C)ccc1n2-c1ccc(-c2ccc3c4ccccc4c4ccccc4c3n2)cc1.c1ccc(-c2ccc3c(c2)c2cc(-c4ccccc4)ccc2n3-c2ccc(-c3ccc4c5ccccc5c5ccccc5c4n3)cc2)cc1.c1ccc(-c2ccc3c(c2)c2ccccc2n3-c2ccc(-c3ccc4c5ccccc5c5ccccc5c4n3)cc2)cc1. The first-order valence-electron chi connectivity index (χ1n) is 45.0.